The molecule has 7 nitrogen and oxygen atoms in total. The Labute approximate surface area is 184 Å². The van der Waals surface area contributed by atoms with Crippen LogP contribution in [0.1, 0.15) is 12.0 Å². The summed E-state index contributed by atoms with van der Waals surface area (Å²) in [6.07, 6.45) is 2.13. The van der Waals surface area contributed by atoms with Crippen molar-refractivity contribution >= 4 is 28.4 Å². The predicted octanol–water partition coefficient (Wildman–Crippen LogP) is 3.99. The van der Waals surface area contributed by atoms with Crippen molar-refractivity contribution in [2.24, 2.45) is 7.05 Å². The summed E-state index contributed by atoms with van der Waals surface area (Å²) < 4.78 is 5.15. The summed E-state index contributed by atoms with van der Waals surface area (Å²) in [5, 5.41) is 3.04. The number of nitrogens with one attached hydrogen (secondary N) is 1. The number of anilines is 1. The van der Waals surface area contributed by atoms with Gasteiger partial charge in [0, 0.05) is 31.8 Å². The molecule has 0 aliphatic carbocycles. The number of carbonyl (C=O) groups excluding carboxylic acids is 1. The molecule has 160 valence electrons. The van der Waals surface area contributed by atoms with E-state index in [1.54, 1.807) is 16.2 Å². The van der Waals surface area contributed by atoms with Crippen LogP contribution >= 0.6 is 0 Å². The van der Waals surface area contributed by atoms with E-state index in [1.807, 2.05) is 84.3 Å². The van der Waals surface area contributed by atoms with Crippen molar-refractivity contribution in [2.75, 3.05) is 5.32 Å². The Morgan fingerprint density at radius 2 is 1.69 bits per heavy atom. The summed E-state index contributed by atoms with van der Waals surface area (Å²) in [6, 6.07) is 21.3. The topological polar surface area (TPSA) is 73.3 Å². The number of aryl methyl sites for hydroxylation is 3. The first kappa shape index (κ1) is 19.8. The van der Waals surface area contributed by atoms with E-state index in [2.05, 4.69) is 5.32 Å². The molecule has 3 heterocycles. The van der Waals surface area contributed by atoms with E-state index < -0.39 is 0 Å². The Hall–Kier alpha value is -4.13. The molecule has 0 radical (unpaired) electrons. The van der Waals surface area contributed by atoms with Crippen molar-refractivity contribution in [3.8, 4) is 11.3 Å². The molecule has 0 saturated heterocycles. The van der Waals surface area contributed by atoms with Gasteiger partial charge in [-0.25, -0.2) is 9.78 Å². The van der Waals surface area contributed by atoms with Gasteiger partial charge in [-0.3, -0.25) is 18.3 Å². The minimum atomic E-state index is -0.176. The number of para-hydroxylation sites is 2. The zero-order valence-corrected chi connectivity index (χ0v) is 17.9. The highest BCUT2D eigenvalue weighted by Crippen LogP contribution is 2.29. The normalized spacial score (nSPS) is 11.3. The maximum atomic E-state index is 13.0. The first-order chi connectivity index (χ1) is 15.5. The van der Waals surface area contributed by atoms with Crippen LogP contribution in [0.2, 0.25) is 0 Å². The average molecular weight is 425 g/mol. The molecule has 0 spiro atoms. The molecule has 5 rings (SSSR count). The van der Waals surface area contributed by atoms with Gasteiger partial charge in [0.2, 0.25) is 5.91 Å². The van der Waals surface area contributed by atoms with Gasteiger partial charge in [-0.15, -0.1) is 0 Å². The highest BCUT2D eigenvalue weighted by molar-refractivity contribution is 5.94. The van der Waals surface area contributed by atoms with Crippen molar-refractivity contribution in [2.45, 2.75) is 19.9 Å². The van der Waals surface area contributed by atoms with Gasteiger partial charge < -0.3 is 5.32 Å². The number of nitrogens with zero attached hydrogens (tertiary/aromatic N) is 4. The number of imidazole rings is 2. The summed E-state index contributed by atoms with van der Waals surface area (Å²) in [7, 11) is 1.74. The van der Waals surface area contributed by atoms with Gasteiger partial charge in [-0.1, -0.05) is 48.5 Å². The molecule has 2 aromatic carbocycles. The third-order valence-electron chi connectivity index (χ3n) is 5.69. The zero-order chi connectivity index (χ0) is 22.2. The summed E-state index contributed by atoms with van der Waals surface area (Å²) in [6.45, 7) is 2.29. The first-order valence-corrected chi connectivity index (χ1v) is 10.5. The van der Waals surface area contributed by atoms with Gasteiger partial charge in [0.15, 0.2) is 0 Å². The maximum Gasteiger partial charge on any atom is 0.328 e. The molecule has 0 aliphatic heterocycles. The molecule has 7 heteroatoms. The number of hydrogen-bond donors (Lipinski definition) is 1. The average Bonchev–Trinajstić information content (AvgIpc) is 3.28. The number of benzene rings is 2. The van der Waals surface area contributed by atoms with Crippen LogP contribution in [0.4, 0.5) is 5.82 Å². The summed E-state index contributed by atoms with van der Waals surface area (Å²) >= 11 is 0. The quantitative estimate of drug-likeness (QED) is 0.463. The molecule has 0 unspecified atom stereocenters. The number of fused-ring (bicyclic) bond motifs is 2. The molecule has 32 heavy (non-hydrogen) atoms. The van der Waals surface area contributed by atoms with E-state index in [1.165, 1.54) is 0 Å². The Balaban J connectivity index is 1.46. The molecule has 5 aromatic rings. The lowest BCUT2D eigenvalue weighted by Crippen LogP contribution is -2.24. The molecular weight excluding hydrogens is 402 g/mol. The van der Waals surface area contributed by atoms with Gasteiger partial charge >= 0.3 is 5.69 Å². The second-order valence-electron chi connectivity index (χ2n) is 7.89. The fourth-order valence-electron chi connectivity index (χ4n) is 4.05. The lowest BCUT2D eigenvalue weighted by Gasteiger charge is -2.09. The Bertz CT molecular complexity index is 1510. The van der Waals surface area contributed by atoms with Crippen molar-refractivity contribution in [1.82, 2.24) is 18.5 Å². The number of pyridine rings is 1. The lowest BCUT2D eigenvalue weighted by atomic mass is 10.1. The van der Waals surface area contributed by atoms with Crippen LogP contribution in [0.25, 0.3) is 27.9 Å². The van der Waals surface area contributed by atoms with Crippen LogP contribution in [-0.4, -0.2) is 24.4 Å². The summed E-state index contributed by atoms with van der Waals surface area (Å²) in [4.78, 5) is 30.4. The molecule has 0 atom stereocenters. The van der Waals surface area contributed by atoms with Crippen molar-refractivity contribution in [3.05, 3.63) is 89.0 Å². The minimum Gasteiger partial charge on any atom is -0.310 e. The second kappa shape index (κ2) is 7.85. The fourth-order valence-corrected chi connectivity index (χ4v) is 4.05. The number of aromatic nitrogens is 4. The van der Waals surface area contributed by atoms with Gasteiger partial charge in [0.1, 0.15) is 17.2 Å². The SMILES string of the molecule is Cc1ccc2nc(-c3ccccc3)c(NC(=O)CCn3c(=O)n(C)c4ccccc43)n2c1. The molecule has 1 amide bonds. The van der Waals surface area contributed by atoms with E-state index in [0.717, 1.165) is 27.8 Å². The smallest absolute Gasteiger partial charge is 0.310 e. The third kappa shape index (κ3) is 3.37. The molecule has 0 fully saturated rings. The second-order valence-corrected chi connectivity index (χ2v) is 7.89. The molecule has 1 N–H and O–H groups in total. The van der Waals surface area contributed by atoms with E-state index in [4.69, 9.17) is 4.98 Å². The Kier molecular flexibility index (Phi) is 4.86. The van der Waals surface area contributed by atoms with Crippen LogP contribution in [0, 0.1) is 6.92 Å². The lowest BCUT2D eigenvalue weighted by molar-refractivity contribution is -0.116. The van der Waals surface area contributed by atoms with Gasteiger partial charge in [-0.2, -0.15) is 0 Å². The Morgan fingerprint density at radius 3 is 2.47 bits per heavy atom. The molecule has 0 saturated carbocycles. The highest BCUT2D eigenvalue weighted by Gasteiger charge is 2.17. The van der Waals surface area contributed by atoms with E-state index in [9.17, 15) is 9.59 Å². The number of hydrogen-bond acceptors (Lipinski definition) is 3. The largest absolute Gasteiger partial charge is 0.328 e. The molecule has 0 aliphatic rings. The monoisotopic (exact) mass is 425 g/mol. The standard InChI is InChI=1S/C25H23N5O2/c1-17-12-13-21-26-23(18-8-4-3-5-9-18)24(30(21)16-17)27-22(31)14-15-29-20-11-7-6-10-19(20)28(2)25(29)32/h3-13,16H,14-15H2,1-2H3,(H,27,31). The zero-order valence-electron chi connectivity index (χ0n) is 17.9. The van der Waals surface area contributed by atoms with Gasteiger partial charge in [-0.05, 0) is 30.7 Å². The van der Waals surface area contributed by atoms with Gasteiger partial charge in [0.25, 0.3) is 0 Å². The van der Waals surface area contributed by atoms with Crippen LogP contribution in [0.3, 0.4) is 0 Å². The molecule has 0 bridgehead atoms. The van der Waals surface area contributed by atoms with Crippen molar-refractivity contribution < 1.29 is 4.79 Å². The van der Waals surface area contributed by atoms with Gasteiger partial charge in [0.05, 0.1) is 11.0 Å². The summed E-state index contributed by atoms with van der Waals surface area (Å²) in [5.41, 5.74) is 5.00. The predicted molar refractivity (Wildman–Crippen MR) is 126 cm³/mol. The van der Waals surface area contributed by atoms with Crippen molar-refractivity contribution in [1.29, 1.82) is 0 Å². The van der Waals surface area contributed by atoms with E-state index in [-0.39, 0.29) is 18.0 Å². The highest BCUT2D eigenvalue weighted by atomic mass is 16.2. The van der Waals surface area contributed by atoms with E-state index >= 15 is 0 Å². The minimum absolute atomic E-state index is 0.130. The first-order valence-electron chi connectivity index (χ1n) is 10.5. The van der Waals surface area contributed by atoms with Crippen LogP contribution in [-0.2, 0) is 18.4 Å². The Morgan fingerprint density at radius 1 is 0.969 bits per heavy atom. The number of rotatable bonds is 5. The fraction of sp³-hybridized carbons (Fsp3) is 0.160. The number of carbonyl (C=O) groups is 1. The number of amides is 1. The third-order valence-corrected chi connectivity index (χ3v) is 5.69. The van der Waals surface area contributed by atoms with Crippen LogP contribution in [0.15, 0.2) is 77.7 Å². The van der Waals surface area contributed by atoms with E-state index in [0.29, 0.717) is 18.1 Å². The molecular formula is C25H23N5O2. The van der Waals surface area contributed by atoms with Crippen molar-refractivity contribution in [3.63, 3.8) is 0 Å². The maximum absolute atomic E-state index is 13.0. The summed E-state index contributed by atoms with van der Waals surface area (Å²) in [5.74, 6) is 0.454. The van der Waals surface area contributed by atoms with Crippen LogP contribution < -0.4 is 11.0 Å². The van der Waals surface area contributed by atoms with Crippen LogP contribution in [0.5, 0.6) is 0 Å². The molecule has 3 aromatic heterocycles.